The molecule has 0 bridgehead atoms. The molecule has 0 aromatic heterocycles. The van der Waals surface area contributed by atoms with Crippen LogP contribution in [0.4, 0.5) is 10.1 Å². The van der Waals surface area contributed by atoms with Crippen LogP contribution in [0.3, 0.4) is 0 Å². The molecule has 2 aromatic rings. The predicted molar refractivity (Wildman–Crippen MR) is 88.3 cm³/mol. The Balaban J connectivity index is 2.16. The fraction of sp³-hybridized carbons (Fsp3) is 0.278. The summed E-state index contributed by atoms with van der Waals surface area (Å²) in [6, 6.07) is 12.8. The largest absolute Gasteiger partial charge is 0.468 e. The number of methoxy groups -OCH3 is 2. The van der Waals surface area contributed by atoms with Gasteiger partial charge in [0.2, 0.25) is 0 Å². The van der Waals surface area contributed by atoms with Crippen molar-refractivity contribution < 1.29 is 23.4 Å². The maximum absolute atomic E-state index is 14.1. The highest BCUT2D eigenvalue weighted by molar-refractivity contribution is 5.97. The number of carbonyl (C=O) groups is 1. The molecule has 0 fully saturated rings. The minimum atomic E-state index is -1.45. The molecule has 5 nitrogen and oxygen atoms in total. The first-order valence-electron chi connectivity index (χ1n) is 7.34. The Kier molecular flexibility index (Phi) is 5.89. The van der Waals surface area contributed by atoms with Crippen molar-refractivity contribution in [1.82, 2.24) is 0 Å². The van der Waals surface area contributed by atoms with Gasteiger partial charge >= 0.3 is 0 Å². The molecule has 0 radical (unpaired) electrons. The quantitative estimate of drug-likeness (QED) is 0.790. The first-order chi connectivity index (χ1) is 11.5. The zero-order valence-corrected chi connectivity index (χ0v) is 13.8. The summed E-state index contributed by atoms with van der Waals surface area (Å²) in [5, 5.41) is 2.73. The highest BCUT2D eigenvalue weighted by Gasteiger charge is 2.37. The lowest BCUT2D eigenvalue weighted by atomic mass is 9.94. The molecule has 0 heterocycles. The van der Waals surface area contributed by atoms with Gasteiger partial charge in [-0.1, -0.05) is 18.2 Å². The molecule has 6 heteroatoms. The van der Waals surface area contributed by atoms with Crippen molar-refractivity contribution in [3.05, 3.63) is 59.9 Å². The number of hydrogen-bond donors (Lipinski definition) is 1. The van der Waals surface area contributed by atoms with Crippen LogP contribution >= 0.6 is 0 Å². The third kappa shape index (κ3) is 3.90. The summed E-state index contributed by atoms with van der Waals surface area (Å²) in [6.45, 7) is 1.66. The minimum absolute atomic E-state index is 0.140. The highest BCUT2D eigenvalue weighted by atomic mass is 19.1. The van der Waals surface area contributed by atoms with Crippen LogP contribution in [-0.4, -0.2) is 26.9 Å². The van der Waals surface area contributed by atoms with Gasteiger partial charge in [-0.25, -0.2) is 4.39 Å². The molecule has 0 aliphatic rings. The smallest absolute Gasteiger partial charge is 0.261 e. The molecule has 0 saturated heterocycles. The second-order valence-electron chi connectivity index (χ2n) is 5.25. The fourth-order valence-corrected chi connectivity index (χ4v) is 2.18. The van der Waals surface area contributed by atoms with Gasteiger partial charge in [0.1, 0.15) is 11.6 Å². The molecule has 1 amide bonds. The second-order valence-corrected chi connectivity index (χ2v) is 5.25. The average molecular weight is 333 g/mol. The molecule has 0 aliphatic heterocycles. The zero-order chi connectivity index (χ0) is 17.6. The molecule has 2 rings (SSSR count). The Morgan fingerprint density at radius 2 is 1.79 bits per heavy atom. The van der Waals surface area contributed by atoms with Gasteiger partial charge in [0.25, 0.3) is 5.91 Å². The number of benzene rings is 2. The van der Waals surface area contributed by atoms with Gasteiger partial charge in [-0.2, -0.15) is 0 Å². The topological polar surface area (TPSA) is 56.8 Å². The van der Waals surface area contributed by atoms with E-state index in [-0.39, 0.29) is 12.4 Å². The molecule has 1 atom stereocenters. The van der Waals surface area contributed by atoms with Crippen molar-refractivity contribution in [3.63, 3.8) is 0 Å². The van der Waals surface area contributed by atoms with Crippen molar-refractivity contribution in [3.8, 4) is 5.75 Å². The Labute approximate surface area is 140 Å². The van der Waals surface area contributed by atoms with Crippen molar-refractivity contribution >= 4 is 11.6 Å². The number of amides is 1. The summed E-state index contributed by atoms with van der Waals surface area (Å²) in [4.78, 5) is 12.6. The summed E-state index contributed by atoms with van der Waals surface area (Å²) < 4.78 is 29.5. The molecule has 0 spiro atoms. The summed E-state index contributed by atoms with van der Waals surface area (Å²) in [5.74, 6) is -0.362. The minimum Gasteiger partial charge on any atom is -0.468 e. The number of anilines is 1. The van der Waals surface area contributed by atoms with E-state index in [1.807, 2.05) is 0 Å². The third-order valence-electron chi connectivity index (χ3n) is 3.68. The first-order valence-corrected chi connectivity index (χ1v) is 7.34. The molecule has 0 aliphatic carbocycles. The van der Waals surface area contributed by atoms with E-state index in [0.717, 1.165) is 0 Å². The zero-order valence-electron chi connectivity index (χ0n) is 13.8. The van der Waals surface area contributed by atoms with Gasteiger partial charge in [-0.05, 0) is 37.3 Å². The molecule has 1 N–H and O–H groups in total. The van der Waals surface area contributed by atoms with E-state index >= 15 is 0 Å². The van der Waals surface area contributed by atoms with Crippen LogP contribution < -0.4 is 10.1 Å². The van der Waals surface area contributed by atoms with E-state index in [0.29, 0.717) is 11.4 Å². The SMILES string of the molecule is COCOc1ccc(NC(=O)[C@](C)(OC)c2ccccc2F)cc1. The summed E-state index contributed by atoms with van der Waals surface area (Å²) in [6.07, 6.45) is 0. The van der Waals surface area contributed by atoms with Crippen molar-refractivity contribution in [2.24, 2.45) is 0 Å². The fourth-order valence-electron chi connectivity index (χ4n) is 2.18. The van der Waals surface area contributed by atoms with E-state index in [1.54, 1.807) is 36.4 Å². The highest BCUT2D eigenvalue weighted by Crippen LogP contribution is 2.29. The number of rotatable bonds is 7. The lowest BCUT2D eigenvalue weighted by molar-refractivity contribution is -0.137. The van der Waals surface area contributed by atoms with Crippen molar-refractivity contribution in [2.75, 3.05) is 26.3 Å². The molecular weight excluding hydrogens is 313 g/mol. The van der Waals surface area contributed by atoms with Gasteiger partial charge in [0.05, 0.1) is 0 Å². The maximum atomic E-state index is 14.1. The molecule has 0 unspecified atom stereocenters. The van der Waals surface area contributed by atoms with E-state index in [1.165, 1.54) is 33.3 Å². The Bertz CT molecular complexity index is 690. The normalized spacial score (nSPS) is 13.2. The summed E-state index contributed by atoms with van der Waals surface area (Å²) in [7, 11) is 2.90. The Morgan fingerprint density at radius 1 is 1.12 bits per heavy atom. The second kappa shape index (κ2) is 7.90. The van der Waals surface area contributed by atoms with Gasteiger partial charge in [0.15, 0.2) is 12.4 Å². The summed E-state index contributed by atoms with van der Waals surface area (Å²) in [5.41, 5.74) is -0.731. The van der Waals surface area contributed by atoms with E-state index in [4.69, 9.17) is 14.2 Å². The van der Waals surface area contributed by atoms with Gasteiger partial charge < -0.3 is 19.5 Å². The van der Waals surface area contributed by atoms with Crippen LogP contribution in [0, 0.1) is 5.82 Å². The Morgan fingerprint density at radius 3 is 2.38 bits per heavy atom. The monoisotopic (exact) mass is 333 g/mol. The van der Waals surface area contributed by atoms with Crippen LogP contribution in [0.25, 0.3) is 0 Å². The van der Waals surface area contributed by atoms with Crippen LogP contribution in [-0.2, 0) is 19.9 Å². The molecule has 2 aromatic carbocycles. The number of halogens is 1. The molecule has 24 heavy (non-hydrogen) atoms. The van der Waals surface area contributed by atoms with Crippen LogP contribution in [0.2, 0.25) is 0 Å². The van der Waals surface area contributed by atoms with E-state index in [9.17, 15) is 9.18 Å². The predicted octanol–water partition coefficient (Wildman–Crippen LogP) is 3.31. The third-order valence-corrected chi connectivity index (χ3v) is 3.68. The first kappa shape index (κ1) is 17.9. The van der Waals surface area contributed by atoms with Crippen LogP contribution in [0.1, 0.15) is 12.5 Å². The van der Waals surface area contributed by atoms with Crippen molar-refractivity contribution in [2.45, 2.75) is 12.5 Å². The van der Waals surface area contributed by atoms with Crippen LogP contribution in [0.15, 0.2) is 48.5 Å². The molecular formula is C18H20FNO4. The number of nitrogens with one attached hydrogen (secondary N) is 1. The van der Waals surface area contributed by atoms with Crippen LogP contribution in [0.5, 0.6) is 5.75 Å². The maximum Gasteiger partial charge on any atom is 0.261 e. The molecule has 0 saturated carbocycles. The number of carbonyl (C=O) groups excluding carboxylic acids is 1. The lowest BCUT2D eigenvalue weighted by Gasteiger charge is -2.27. The lowest BCUT2D eigenvalue weighted by Crippen LogP contribution is -2.40. The average Bonchev–Trinajstić information content (AvgIpc) is 2.60. The standard InChI is InChI=1S/C18H20FNO4/c1-18(23-3,15-6-4-5-7-16(15)19)17(21)20-13-8-10-14(11-9-13)24-12-22-2/h4-11H,12H2,1-3H3,(H,20,21)/t18-/m1/s1. The Hall–Kier alpha value is -2.44. The number of ether oxygens (including phenoxy) is 3. The number of hydrogen-bond acceptors (Lipinski definition) is 4. The van der Waals surface area contributed by atoms with E-state index < -0.39 is 17.3 Å². The summed E-state index contributed by atoms with van der Waals surface area (Å²) >= 11 is 0. The molecule has 128 valence electrons. The van der Waals surface area contributed by atoms with Gasteiger partial charge in [-0.3, -0.25) is 4.79 Å². The van der Waals surface area contributed by atoms with Gasteiger partial charge in [-0.15, -0.1) is 0 Å². The van der Waals surface area contributed by atoms with E-state index in [2.05, 4.69) is 5.32 Å². The van der Waals surface area contributed by atoms with Crippen molar-refractivity contribution in [1.29, 1.82) is 0 Å². The van der Waals surface area contributed by atoms with Gasteiger partial charge in [0, 0.05) is 25.5 Å².